The third kappa shape index (κ3) is 3.02. The number of piperazine rings is 1. The van der Waals surface area contributed by atoms with Crippen molar-refractivity contribution < 1.29 is 22.7 Å². The van der Waals surface area contributed by atoms with Crippen molar-refractivity contribution >= 4 is 21.4 Å². The molecule has 0 saturated carbocycles. The summed E-state index contributed by atoms with van der Waals surface area (Å²) in [6.07, 6.45) is 0. The molecule has 2 unspecified atom stereocenters. The Kier molecular flexibility index (Phi) is 4.06. The van der Waals surface area contributed by atoms with Gasteiger partial charge in [0.2, 0.25) is 12.7 Å². The average Bonchev–Trinajstić information content (AvgIpc) is 3.25. The van der Waals surface area contributed by atoms with Crippen molar-refractivity contribution in [1.82, 2.24) is 4.90 Å². The van der Waals surface area contributed by atoms with Gasteiger partial charge in [0.05, 0.1) is 24.1 Å². The number of benzene rings is 2. The first-order valence-electron chi connectivity index (χ1n) is 9.20. The SMILES string of the molecule is O=C1CN(Cc2ccc3c(c2)OCO3)C2CS(=O)(=O)CC2N1c1ccccc1. The van der Waals surface area contributed by atoms with E-state index in [1.54, 1.807) is 4.90 Å². The first kappa shape index (κ1) is 17.5. The number of carbonyl (C=O) groups is 1. The van der Waals surface area contributed by atoms with Crippen molar-refractivity contribution in [2.75, 3.05) is 29.7 Å². The molecule has 0 bridgehead atoms. The molecule has 0 aliphatic carbocycles. The smallest absolute Gasteiger partial charge is 0.241 e. The van der Waals surface area contributed by atoms with Gasteiger partial charge in [0.1, 0.15) is 0 Å². The highest BCUT2D eigenvalue weighted by atomic mass is 32.2. The van der Waals surface area contributed by atoms with E-state index >= 15 is 0 Å². The molecule has 2 fully saturated rings. The monoisotopic (exact) mass is 400 g/mol. The molecule has 3 heterocycles. The van der Waals surface area contributed by atoms with Crippen LogP contribution in [0.4, 0.5) is 5.69 Å². The fraction of sp³-hybridized carbons (Fsp3) is 0.350. The highest BCUT2D eigenvalue weighted by molar-refractivity contribution is 7.91. The van der Waals surface area contributed by atoms with Crippen LogP contribution in [0.1, 0.15) is 5.56 Å². The minimum Gasteiger partial charge on any atom is -0.454 e. The second-order valence-electron chi connectivity index (χ2n) is 7.40. The quantitative estimate of drug-likeness (QED) is 0.776. The molecule has 8 heteroatoms. The van der Waals surface area contributed by atoms with E-state index in [0.717, 1.165) is 11.3 Å². The number of hydrogen-bond donors (Lipinski definition) is 0. The summed E-state index contributed by atoms with van der Waals surface area (Å²) in [5, 5.41) is 0. The van der Waals surface area contributed by atoms with E-state index in [1.807, 2.05) is 53.4 Å². The summed E-state index contributed by atoms with van der Waals surface area (Å²) < 4.78 is 35.6. The Labute approximate surface area is 163 Å². The summed E-state index contributed by atoms with van der Waals surface area (Å²) in [4.78, 5) is 16.6. The van der Waals surface area contributed by atoms with Crippen molar-refractivity contribution in [3.8, 4) is 11.5 Å². The molecule has 2 saturated heterocycles. The number of amides is 1. The third-order valence-electron chi connectivity index (χ3n) is 5.56. The van der Waals surface area contributed by atoms with E-state index in [9.17, 15) is 13.2 Å². The molecule has 0 aromatic heterocycles. The number of para-hydroxylation sites is 1. The Morgan fingerprint density at radius 1 is 0.964 bits per heavy atom. The highest BCUT2D eigenvalue weighted by Crippen LogP contribution is 2.35. The normalized spacial score (nSPS) is 25.7. The summed E-state index contributed by atoms with van der Waals surface area (Å²) >= 11 is 0. The molecule has 2 aromatic carbocycles. The first-order chi connectivity index (χ1) is 13.5. The summed E-state index contributed by atoms with van der Waals surface area (Å²) in [5.41, 5.74) is 1.72. The lowest BCUT2D eigenvalue weighted by molar-refractivity contribution is -0.123. The lowest BCUT2D eigenvalue weighted by Gasteiger charge is -2.43. The van der Waals surface area contributed by atoms with Gasteiger partial charge in [-0.05, 0) is 29.8 Å². The van der Waals surface area contributed by atoms with Crippen molar-refractivity contribution in [3.63, 3.8) is 0 Å². The topological polar surface area (TPSA) is 76.1 Å². The second kappa shape index (κ2) is 6.49. The predicted octanol–water partition coefficient (Wildman–Crippen LogP) is 1.43. The lowest BCUT2D eigenvalue weighted by atomic mass is 10.0. The number of hydrogen-bond acceptors (Lipinski definition) is 6. The van der Waals surface area contributed by atoms with Gasteiger partial charge >= 0.3 is 0 Å². The summed E-state index contributed by atoms with van der Waals surface area (Å²) in [6.45, 7) is 0.873. The van der Waals surface area contributed by atoms with Crippen LogP contribution in [0, 0.1) is 0 Å². The first-order valence-corrected chi connectivity index (χ1v) is 11.0. The van der Waals surface area contributed by atoms with Gasteiger partial charge in [-0.3, -0.25) is 9.69 Å². The molecule has 2 atom stereocenters. The van der Waals surface area contributed by atoms with Crippen molar-refractivity contribution in [2.24, 2.45) is 0 Å². The third-order valence-corrected chi connectivity index (χ3v) is 7.26. The molecule has 3 aliphatic heterocycles. The zero-order valence-electron chi connectivity index (χ0n) is 15.2. The van der Waals surface area contributed by atoms with Gasteiger partial charge in [-0.2, -0.15) is 0 Å². The van der Waals surface area contributed by atoms with Crippen LogP contribution in [0.2, 0.25) is 0 Å². The van der Waals surface area contributed by atoms with Gasteiger partial charge in [0.15, 0.2) is 21.3 Å². The van der Waals surface area contributed by atoms with Crippen molar-refractivity contribution in [3.05, 3.63) is 54.1 Å². The molecule has 146 valence electrons. The zero-order chi connectivity index (χ0) is 19.3. The molecule has 2 aromatic rings. The number of nitrogens with zero attached hydrogens (tertiary/aromatic N) is 2. The van der Waals surface area contributed by atoms with Crippen LogP contribution in [0.25, 0.3) is 0 Å². The van der Waals surface area contributed by atoms with Gasteiger partial charge in [-0.25, -0.2) is 8.42 Å². The second-order valence-corrected chi connectivity index (χ2v) is 9.56. The Bertz CT molecular complexity index is 1020. The number of anilines is 1. The van der Waals surface area contributed by atoms with E-state index in [0.29, 0.717) is 18.0 Å². The fourth-order valence-electron chi connectivity index (χ4n) is 4.33. The van der Waals surface area contributed by atoms with Gasteiger partial charge in [-0.15, -0.1) is 0 Å². The highest BCUT2D eigenvalue weighted by Gasteiger charge is 2.49. The maximum absolute atomic E-state index is 13.0. The zero-order valence-corrected chi connectivity index (χ0v) is 16.0. The number of rotatable bonds is 3. The number of fused-ring (bicyclic) bond motifs is 2. The van der Waals surface area contributed by atoms with E-state index in [-0.39, 0.29) is 42.8 Å². The predicted molar refractivity (Wildman–Crippen MR) is 103 cm³/mol. The molecule has 0 N–H and O–H groups in total. The molecule has 1 amide bonds. The van der Waals surface area contributed by atoms with Gasteiger partial charge in [-0.1, -0.05) is 24.3 Å². The molecule has 5 rings (SSSR count). The van der Waals surface area contributed by atoms with Gasteiger partial charge in [0.25, 0.3) is 0 Å². The number of ether oxygens (including phenoxy) is 2. The largest absolute Gasteiger partial charge is 0.454 e. The van der Waals surface area contributed by atoms with Crippen LogP contribution in [-0.4, -0.2) is 56.2 Å². The molecule has 3 aliphatic rings. The summed E-state index contributed by atoms with van der Waals surface area (Å²) in [6, 6.07) is 14.4. The van der Waals surface area contributed by atoms with Crippen LogP contribution in [-0.2, 0) is 21.2 Å². The maximum atomic E-state index is 13.0. The Balaban J connectivity index is 1.45. The number of sulfone groups is 1. The standard InChI is InChI=1S/C20H20N2O5S/c23-20-10-21(9-14-6-7-18-19(8-14)27-13-26-18)16-11-28(24,25)12-17(16)22(20)15-4-2-1-3-5-15/h1-8,16-17H,9-13H2. The molecule has 0 radical (unpaired) electrons. The van der Waals surface area contributed by atoms with Crippen LogP contribution < -0.4 is 14.4 Å². The van der Waals surface area contributed by atoms with Crippen LogP contribution in [0.3, 0.4) is 0 Å². The summed E-state index contributed by atoms with van der Waals surface area (Å²) in [7, 11) is -3.21. The fourth-order valence-corrected chi connectivity index (χ4v) is 6.31. The van der Waals surface area contributed by atoms with Crippen LogP contribution in [0.5, 0.6) is 11.5 Å². The van der Waals surface area contributed by atoms with E-state index in [4.69, 9.17) is 9.47 Å². The molecule has 7 nitrogen and oxygen atoms in total. The lowest BCUT2D eigenvalue weighted by Crippen LogP contribution is -2.61. The Hall–Kier alpha value is -2.58. The number of carbonyl (C=O) groups excluding carboxylic acids is 1. The minimum absolute atomic E-state index is 0.00403. The van der Waals surface area contributed by atoms with E-state index in [1.165, 1.54) is 0 Å². The van der Waals surface area contributed by atoms with Gasteiger partial charge in [0, 0.05) is 18.3 Å². The molecular formula is C20H20N2O5S. The van der Waals surface area contributed by atoms with Crippen LogP contribution in [0.15, 0.2) is 48.5 Å². The van der Waals surface area contributed by atoms with Gasteiger partial charge < -0.3 is 14.4 Å². The Morgan fingerprint density at radius 2 is 1.71 bits per heavy atom. The Morgan fingerprint density at radius 3 is 2.54 bits per heavy atom. The minimum atomic E-state index is -3.21. The van der Waals surface area contributed by atoms with Crippen molar-refractivity contribution in [1.29, 1.82) is 0 Å². The molecule has 28 heavy (non-hydrogen) atoms. The van der Waals surface area contributed by atoms with Crippen molar-refractivity contribution in [2.45, 2.75) is 18.6 Å². The molecule has 0 spiro atoms. The maximum Gasteiger partial charge on any atom is 0.241 e. The van der Waals surface area contributed by atoms with Crippen LogP contribution >= 0.6 is 0 Å². The average molecular weight is 400 g/mol. The van der Waals surface area contributed by atoms with E-state index < -0.39 is 9.84 Å². The van der Waals surface area contributed by atoms with E-state index in [2.05, 4.69) is 0 Å². The summed E-state index contributed by atoms with van der Waals surface area (Å²) in [5.74, 6) is 1.37. The molecular weight excluding hydrogens is 380 g/mol.